The number of nitrogens with one attached hydrogen (secondary N) is 1. The minimum Gasteiger partial charge on any atom is -0.339 e. The van der Waals surface area contributed by atoms with Gasteiger partial charge in [-0.3, -0.25) is 0 Å². The molecule has 1 aliphatic rings. The van der Waals surface area contributed by atoms with Gasteiger partial charge in [0.25, 0.3) is 0 Å². The van der Waals surface area contributed by atoms with Crippen molar-refractivity contribution in [2.75, 3.05) is 13.1 Å². The van der Waals surface area contributed by atoms with E-state index in [9.17, 15) is 0 Å². The third kappa shape index (κ3) is 2.77. The van der Waals surface area contributed by atoms with Gasteiger partial charge in [-0.2, -0.15) is 16.7 Å². The summed E-state index contributed by atoms with van der Waals surface area (Å²) in [5.74, 6) is 3.45. The molecule has 0 radical (unpaired) electrons. The predicted octanol–water partition coefficient (Wildman–Crippen LogP) is 2.03. The number of rotatable bonds is 4. The first kappa shape index (κ1) is 11.9. The van der Waals surface area contributed by atoms with E-state index < -0.39 is 0 Å². The number of thioether (sulfide) groups is 1. The number of aromatic nitrogens is 2. The fraction of sp³-hybridized carbons (Fsp3) is 0.818. The number of hydrogen-bond acceptors (Lipinski definition) is 5. The Morgan fingerprint density at radius 2 is 2.31 bits per heavy atom. The van der Waals surface area contributed by atoms with Crippen LogP contribution in [0.4, 0.5) is 0 Å². The first-order valence-electron chi connectivity index (χ1n) is 5.81. The van der Waals surface area contributed by atoms with E-state index in [1.165, 1.54) is 0 Å². The average molecular weight is 241 g/mol. The Morgan fingerprint density at radius 3 is 2.94 bits per heavy atom. The minimum atomic E-state index is 0.394. The molecule has 1 aliphatic heterocycles. The highest BCUT2D eigenvalue weighted by atomic mass is 32.2. The second-order valence-corrected chi connectivity index (χ2v) is 6.22. The van der Waals surface area contributed by atoms with Gasteiger partial charge in [0, 0.05) is 6.54 Å². The van der Waals surface area contributed by atoms with E-state index in [0.717, 1.165) is 30.6 Å². The molecule has 1 aromatic heterocycles. The fourth-order valence-electron chi connectivity index (χ4n) is 1.86. The maximum Gasteiger partial charge on any atom is 0.231 e. The van der Waals surface area contributed by atoms with Crippen LogP contribution < -0.4 is 5.32 Å². The van der Waals surface area contributed by atoms with Crippen LogP contribution in [0.3, 0.4) is 0 Å². The quantitative estimate of drug-likeness (QED) is 0.874. The van der Waals surface area contributed by atoms with E-state index in [-0.39, 0.29) is 0 Å². The van der Waals surface area contributed by atoms with E-state index in [2.05, 4.69) is 36.2 Å². The Balaban J connectivity index is 1.96. The maximum absolute atomic E-state index is 5.34. The molecular weight excluding hydrogens is 222 g/mol. The number of nitrogens with zero attached hydrogens (tertiary/aromatic N) is 2. The van der Waals surface area contributed by atoms with Gasteiger partial charge in [0.2, 0.25) is 5.89 Å². The summed E-state index contributed by atoms with van der Waals surface area (Å²) in [6.07, 6.45) is 0. The molecule has 2 unspecified atom stereocenters. The monoisotopic (exact) mass is 241 g/mol. The van der Waals surface area contributed by atoms with Gasteiger partial charge >= 0.3 is 0 Å². The van der Waals surface area contributed by atoms with Gasteiger partial charge in [-0.1, -0.05) is 25.9 Å². The highest BCUT2D eigenvalue weighted by Gasteiger charge is 2.29. The zero-order valence-corrected chi connectivity index (χ0v) is 10.9. The number of hydrogen-bond donors (Lipinski definition) is 1. The van der Waals surface area contributed by atoms with Crippen molar-refractivity contribution in [3.63, 3.8) is 0 Å². The Kier molecular flexibility index (Phi) is 3.86. The molecule has 2 rings (SSSR count). The molecule has 90 valence electrons. The van der Waals surface area contributed by atoms with E-state index in [4.69, 9.17) is 4.52 Å². The van der Waals surface area contributed by atoms with Gasteiger partial charge in [-0.05, 0) is 17.7 Å². The first-order valence-corrected chi connectivity index (χ1v) is 6.86. The summed E-state index contributed by atoms with van der Waals surface area (Å²) in [6, 6.07) is 0. The second-order valence-electron chi connectivity index (χ2n) is 4.65. The Bertz CT molecular complexity index is 340. The standard InChI is InChI=1S/C11H19N3OS/c1-7(2)16-6-10-13-11(15-14-10)9-5-12-4-8(9)3/h7-9,12H,4-6H2,1-3H3. The van der Waals surface area contributed by atoms with Gasteiger partial charge < -0.3 is 9.84 Å². The largest absolute Gasteiger partial charge is 0.339 e. The van der Waals surface area contributed by atoms with Crippen molar-refractivity contribution in [1.29, 1.82) is 0 Å². The summed E-state index contributed by atoms with van der Waals surface area (Å²) in [7, 11) is 0. The van der Waals surface area contributed by atoms with Crippen LogP contribution >= 0.6 is 11.8 Å². The summed E-state index contributed by atoms with van der Waals surface area (Å²) >= 11 is 1.84. The van der Waals surface area contributed by atoms with Gasteiger partial charge in [0.1, 0.15) is 0 Å². The Labute approximate surface area is 101 Å². The van der Waals surface area contributed by atoms with E-state index in [0.29, 0.717) is 17.1 Å². The lowest BCUT2D eigenvalue weighted by Crippen LogP contribution is -2.08. The molecule has 4 nitrogen and oxygen atoms in total. The van der Waals surface area contributed by atoms with Crippen molar-refractivity contribution in [2.45, 2.75) is 37.7 Å². The lowest BCUT2D eigenvalue weighted by atomic mass is 9.98. The minimum absolute atomic E-state index is 0.394. The summed E-state index contributed by atoms with van der Waals surface area (Å²) < 4.78 is 5.34. The van der Waals surface area contributed by atoms with Crippen molar-refractivity contribution in [1.82, 2.24) is 15.5 Å². The second kappa shape index (κ2) is 5.19. The molecule has 1 aromatic rings. The van der Waals surface area contributed by atoms with E-state index in [1.807, 2.05) is 11.8 Å². The molecule has 5 heteroatoms. The molecule has 0 saturated carbocycles. The molecule has 0 aliphatic carbocycles. The van der Waals surface area contributed by atoms with Gasteiger partial charge in [0.15, 0.2) is 5.82 Å². The average Bonchev–Trinajstić information content (AvgIpc) is 2.83. The SMILES string of the molecule is CC(C)SCc1noc(C2CNCC2C)n1. The van der Waals surface area contributed by atoms with Crippen LogP contribution in [0, 0.1) is 5.92 Å². The van der Waals surface area contributed by atoms with Crippen molar-refractivity contribution >= 4 is 11.8 Å². The zero-order valence-electron chi connectivity index (χ0n) is 10.1. The molecule has 0 amide bonds. The molecular formula is C11H19N3OS. The summed E-state index contributed by atoms with van der Waals surface area (Å²) in [6.45, 7) is 8.57. The first-order chi connectivity index (χ1) is 7.66. The summed E-state index contributed by atoms with van der Waals surface area (Å²) in [5, 5.41) is 7.99. The molecule has 0 aromatic carbocycles. The summed E-state index contributed by atoms with van der Waals surface area (Å²) in [5.41, 5.74) is 0. The lowest BCUT2D eigenvalue weighted by Gasteiger charge is -2.07. The highest BCUT2D eigenvalue weighted by Crippen LogP contribution is 2.26. The van der Waals surface area contributed by atoms with Crippen LogP contribution in [0.5, 0.6) is 0 Å². The fourth-order valence-corrected chi connectivity index (χ4v) is 2.46. The molecule has 2 atom stereocenters. The molecule has 1 N–H and O–H groups in total. The summed E-state index contributed by atoms with van der Waals surface area (Å²) in [4.78, 5) is 4.48. The lowest BCUT2D eigenvalue weighted by molar-refractivity contribution is 0.337. The van der Waals surface area contributed by atoms with Crippen molar-refractivity contribution in [3.8, 4) is 0 Å². The predicted molar refractivity (Wildman–Crippen MR) is 65.5 cm³/mol. The topological polar surface area (TPSA) is 51.0 Å². The zero-order chi connectivity index (χ0) is 11.5. The normalized spacial score (nSPS) is 25.5. The van der Waals surface area contributed by atoms with Gasteiger partial charge in [0.05, 0.1) is 11.7 Å². The van der Waals surface area contributed by atoms with Crippen LogP contribution in [-0.2, 0) is 5.75 Å². The van der Waals surface area contributed by atoms with Crippen LogP contribution in [0.15, 0.2) is 4.52 Å². The third-order valence-corrected chi connectivity index (χ3v) is 3.96. The molecule has 2 heterocycles. The third-order valence-electron chi connectivity index (χ3n) is 2.86. The van der Waals surface area contributed by atoms with Crippen molar-refractivity contribution < 1.29 is 4.52 Å². The molecule has 1 fully saturated rings. The van der Waals surface area contributed by atoms with Crippen molar-refractivity contribution in [2.24, 2.45) is 5.92 Å². The Morgan fingerprint density at radius 1 is 1.50 bits per heavy atom. The molecule has 0 bridgehead atoms. The molecule has 16 heavy (non-hydrogen) atoms. The van der Waals surface area contributed by atoms with Crippen LogP contribution in [0.25, 0.3) is 0 Å². The van der Waals surface area contributed by atoms with Gasteiger partial charge in [-0.15, -0.1) is 0 Å². The highest BCUT2D eigenvalue weighted by molar-refractivity contribution is 7.99. The van der Waals surface area contributed by atoms with Gasteiger partial charge in [-0.25, -0.2) is 0 Å². The van der Waals surface area contributed by atoms with Crippen LogP contribution in [-0.4, -0.2) is 28.5 Å². The smallest absolute Gasteiger partial charge is 0.231 e. The van der Waals surface area contributed by atoms with E-state index >= 15 is 0 Å². The molecule has 1 saturated heterocycles. The molecule has 0 spiro atoms. The maximum atomic E-state index is 5.34. The van der Waals surface area contributed by atoms with Crippen LogP contribution in [0.2, 0.25) is 0 Å². The van der Waals surface area contributed by atoms with E-state index in [1.54, 1.807) is 0 Å². The van der Waals surface area contributed by atoms with Crippen molar-refractivity contribution in [3.05, 3.63) is 11.7 Å². The van der Waals surface area contributed by atoms with Crippen LogP contribution in [0.1, 0.15) is 38.4 Å². The Hall–Kier alpha value is -0.550.